The molecule has 1 aromatic heterocycles. The summed E-state index contributed by atoms with van der Waals surface area (Å²) in [6.45, 7) is 0. The quantitative estimate of drug-likeness (QED) is 0.910. The van der Waals surface area contributed by atoms with E-state index in [1.54, 1.807) is 17.4 Å². The van der Waals surface area contributed by atoms with Crippen LogP contribution in [0.15, 0.2) is 35.0 Å². The summed E-state index contributed by atoms with van der Waals surface area (Å²) in [5, 5.41) is 6.66. The molecule has 2 aromatic rings. The van der Waals surface area contributed by atoms with Crippen LogP contribution < -0.4 is 10.1 Å². The van der Waals surface area contributed by atoms with Crippen LogP contribution in [-0.4, -0.2) is 13.0 Å². The number of amides is 1. The minimum Gasteiger partial charge on any atom is -0.494 e. The van der Waals surface area contributed by atoms with Crippen LogP contribution in [0.1, 0.15) is 12.0 Å². The van der Waals surface area contributed by atoms with E-state index in [-0.39, 0.29) is 11.7 Å². The number of rotatable bonds is 5. The van der Waals surface area contributed by atoms with Gasteiger partial charge in [0.15, 0.2) is 11.6 Å². The van der Waals surface area contributed by atoms with Crippen molar-refractivity contribution in [3.8, 4) is 5.75 Å². The summed E-state index contributed by atoms with van der Waals surface area (Å²) in [5.41, 5.74) is 1.58. The summed E-state index contributed by atoms with van der Waals surface area (Å²) in [6, 6.07) is 6.35. The second-order valence-electron chi connectivity index (χ2n) is 4.03. The summed E-state index contributed by atoms with van der Waals surface area (Å²) in [7, 11) is 1.40. The van der Waals surface area contributed by atoms with E-state index in [1.165, 1.54) is 19.2 Å². The smallest absolute Gasteiger partial charge is 0.224 e. The Hall–Kier alpha value is -1.88. The van der Waals surface area contributed by atoms with Crippen molar-refractivity contribution in [2.45, 2.75) is 12.8 Å². The number of carbonyl (C=O) groups excluding carboxylic acids is 1. The largest absolute Gasteiger partial charge is 0.494 e. The molecule has 1 N–H and O–H groups in total. The number of anilines is 1. The molecule has 1 amide bonds. The predicted octanol–water partition coefficient (Wildman–Crippen LogP) is 3.47. The molecule has 0 aliphatic carbocycles. The van der Waals surface area contributed by atoms with Gasteiger partial charge < -0.3 is 10.1 Å². The highest BCUT2D eigenvalue weighted by Crippen LogP contribution is 2.20. The molecule has 1 heterocycles. The first-order valence-corrected chi connectivity index (χ1v) is 6.78. The van der Waals surface area contributed by atoms with Crippen LogP contribution in [0.3, 0.4) is 0 Å². The zero-order chi connectivity index (χ0) is 13.7. The van der Waals surface area contributed by atoms with E-state index in [0.717, 1.165) is 5.56 Å². The van der Waals surface area contributed by atoms with Crippen molar-refractivity contribution in [3.63, 3.8) is 0 Å². The highest BCUT2D eigenvalue weighted by atomic mass is 32.1. The number of ether oxygens (including phenoxy) is 1. The standard InChI is InChI=1S/C14H14FNO2S/c1-18-13-4-3-11(8-12(13)15)16-14(17)5-2-10-6-7-19-9-10/h3-4,6-9H,2,5H2,1H3,(H,16,17). The number of thiophene rings is 1. The molecule has 0 aliphatic heterocycles. The zero-order valence-corrected chi connectivity index (χ0v) is 11.3. The Balaban J connectivity index is 1.90. The van der Waals surface area contributed by atoms with Gasteiger partial charge >= 0.3 is 0 Å². The molecule has 1 aromatic carbocycles. The summed E-state index contributed by atoms with van der Waals surface area (Å²) in [6.07, 6.45) is 1.07. The number of benzene rings is 1. The van der Waals surface area contributed by atoms with Gasteiger partial charge in [-0.25, -0.2) is 4.39 Å². The van der Waals surface area contributed by atoms with Crippen molar-refractivity contribution >= 4 is 22.9 Å². The SMILES string of the molecule is COc1ccc(NC(=O)CCc2ccsc2)cc1F. The van der Waals surface area contributed by atoms with Gasteiger partial charge in [0.2, 0.25) is 5.91 Å². The van der Waals surface area contributed by atoms with Crippen molar-refractivity contribution < 1.29 is 13.9 Å². The summed E-state index contributed by atoms with van der Waals surface area (Å²) in [4.78, 5) is 11.7. The molecule has 2 rings (SSSR count). The van der Waals surface area contributed by atoms with E-state index in [0.29, 0.717) is 18.5 Å². The number of halogens is 1. The number of carbonyl (C=O) groups is 1. The van der Waals surface area contributed by atoms with Gasteiger partial charge in [-0.05, 0) is 40.9 Å². The Morgan fingerprint density at radius 1 is 1.42 bits per heavy atom. The summed E-state index contributed by atoms with van der Waals surface area (Å²) < 4.78 is 18.2. The van der Waals surface area contributed by atoms with Crippen LogP contribution in [0, 0.1) is 5.82 Å². The molecule has 0 atom stereocenters. The molecule has 0 spiro atoms. The first kappa shape index (κ1) is 13.5. The van der Waals surface area contributed by atoms with Gasteiger partial charge in [-0.15, -0.1) is 0 Å². The summed E-state index contributed by atoms with van der Waals surface area (Å²) in [5.74, 6) is -0.454. The Labute approximate surface area is 115 Å². The lowest BCUT2D eigenvalue weighted by Gasteiger charge is -2.07. The maximum atomic E-state index is 13.4. The van der Waals surface area contributed by atoms with Crippen LogP contribution >= 0.6 is 11.3 Å². The average molecular weight is 279 g/mol. The number of hydrogen-bond acceptors (Lipinski definition) is 3. The van der Waals surface area contributed by atoms with Gasteiger partial charge in [-0.3, -0.25) is 4.79 Å². The van der Waals surface area contributed by atoms with Gasteiger partial charge in [0.05, 0.1) is 7.11 Å². The first-order valence-electron chi connectivity index (χ1n) is 5.83. The van der Waals surface area contributed by atoms with Crippen molar-refractivity contribution in [2.24, 2.45) is 0 Å². The maximum absolute atomic E-state index is 13.4. The van der Waals surface area contributed by atoms with Crippen molar-refractivity contribution in [3.05, 3.63) is 46.4 Å². The molecule has 0 unspecified atom stereocenters. The molecule has 19 heavy (non-hydrogen) atoms. The van der Waals surface area contributed by atoms with Crippen LogP contribution in [-0.2, 0) is 11.2 Å². The average Bonchev–Trinajstić information content (AvgIpc) is 2.90. The predicted molar refractivity (Wildman–Crippen MR) is 74.2 cm³/mol. The molecule has 0 radical (unpaired) electrons. The van der Waals surface area contributed by atoms with E-state index < -0.39 is 5.82 Å². The number of nitrogens with one attached hydrogen (secondary N) is 1. The number of methoxy groups -OCH3 is 1. The van der Waals surface area contributed by atoms with Gasteiger partial charge in [0.25, 0.3) is 0 Å². The molecule has 0 bridgehead atoms. The fourth-order valence-corrected chi connectivity index (χ4v) is 2.36. The highest BCUT2D eigenvalue weighted by Gasteiger charge is 2.07. The van der Waals surface area contributed by atoms with Crippen molar-refractivity contribution in [1.82, 2.24) is 0 Å². The molecule has 0 aliphatic rings. The van der Waals surface area contributed by atoms with Crippen LogP contribution in [0.4, 0.5) is 10.1 Å². The van der Waals surface area contributed by atoms with E-state index in [9.17, 15) is 9.18 Å². The van der Waals surface area contributed by atoms with E-state index >= 15 is 0 Å². The fraction of sp³-hybridized carbons (Fsp3) is 0.214. The van der Waals surface area contributed by atoms with Crippen molar-refractivity contribution in [1.29, 1.82) is 0 Å². The van der Waals surface area contributed by atoms with Crippen LogP contribution in [0.25, 0.3) is 0 Å². The molecule has 0 fully saturated rings. The molecule has 0 saturated carbocycles. The maximum Gasteiger partial charge on any atom is 0.224 e. The third kappa shape index (κ3) is 3.79. The summed E-state index contributed by atoms with van der Waals surface area (Å²) >= 11 is 1.61. The minimum atomic E-state index is -0.488. The Morgan fingerprint density at radius 2 is 2.26 bits per heavy atom. The zero-order valence-electron chi connectivity index (χ0n) is 10.5. The molecular weight excluding hydrogens is 265 g/mol. The van der Waals surface area contributed by atoms with Gasteiger partial charge in [-0.2, -0.15) is 11.3 Å². The Bertz CT molecular complexity index is 555. The van der Waals surface area contributed by atoms with Gasteiger partial charge in [0, 0.05) is 18.2 Å². The molecular formula is C14H14FNO2S. The number of aryl methyl sites for hydroxylation is 1. The third-order valence-corrected chi connectivity index (χ3v) is 3.39. The van der Waals surface area contributed by atoms with E-state index in [1.807, 2.05) is 16.8 Å². The molecule has 3 nitrogen and oxygen atoms in total. The lowest BCUT2D eigenvalue weighted by molar-refractivity contribution is -0.116. The Kier molecular flexibility index (Phi) is 4.52. The van der Waals surface area contributed by atoms with Crippen LogP contribution in [0.2, 0.25) is 0 Å². The molecule has 0 saturated heterocycles. The normalized spacial score (nSPS) is 10.2. The van der Waals surface area contributed by atoms with E-state index in [4.69, 9.17) is 4.74 Å². The second kappa shape index (κ2) is 6.33. The molecule has 100 valence electrons. The monoisotopic (exact) mass is 279 g/mol. The van der Waals surface area contributed by atoms with Crippen LogP contribution in [0.5, 0.6) is 5.75 Å². The highest BCUT2D eigenvalue weighted by molar-refractivity contribution is 7.07. The first-order chi connectivity index (χ1) is 9.19. The van der Waals surface area contributed by atoms with Crippen molar-refractivity contribution in [2.75, 3.05) is 12.4 Å². The minimum absolute atomic E-state index is 0.129. The number of hydrogen-bond donors (Lipinski definition) is 1. The topological polar surface area (TPSA) is 38.3 Å². The lowest BCUT2D eigenvalue weighted by Crippen LogP contribution is -2.12. The lowest BCUT2D eigenvalue weighted by atomic mass is 10.2. The van der Waals surface area contributed by atoms with Gasteiger partial charge in [0.1, 0.15) is 0 Å². The third-order valence-electron chi connectivity index (χ3n) is 2.66. The fourth-order valence-electron chi connectivity index (χ4n) is 1.66. The van der Waals surface area contributed by atoms with Gasteiger partial charge in [-0.1, -0.05) is 0 Å². The Morgan fingerprint density at radius 3 is 2.89 bits per heavy atom. The van der Waals surface area contributed by atoms with E-state index in [2.05, 4.69) is 5.32 Å². The second-order valence-corrected chi connectivity index (χ2v) is 4.81. The molecule has 5 heteroatoms.